The normalized spacial score (nSPS) is 22.6. The van der Waals surface area contributed by atoms with Gasteiger partial charge in [-0.1, -0.05) is 66.5 Å². The van der Waals surface area contributed by atoms with Gasteiger partial charge in [-0.05, 0) is 50.0 Å². The maximum Gasteiger partial charge on any atom is 0.267 e. The molecule has 38 heavy (non-hydrogen) atoms. The highest BCUT2D eigenvalue weighted by atomic mass is 28.4. The van der Waals surface area contributed by atoms with Crippen LogP contribution in [0.5, 0.6) is 5.75 Å². The largest absolute Gasteiger partial charge is 0.467 e. The van der Waals surface area contributed by atoms with Crippen LogP contribution in [0.25, 0.3) is 0 Å². The van der Waals surface area contributed by atoms with Crippen LogP contribution in [-0.2, 0) is 14.0 Å². The fraction of sp³-hybridized carbons (Fsp3) is 0.700. The SMILES string of the molecule is CCCCC1(CCCC)Oc2ccccc2C(=O)N1C(=O)[C@H](C)[C@H]1NC(=O)[C@@H]1C(C)O[Si](C)(C)C(C)(C)C. The number of nitrogens with zero attached hydrogens (tertiary/aromatic N) is 1. The van der Waals surface area contributed by atoms with Crippen LogP contribution in [0.15, 0.2) is 24.3 Å². The summed E-state index contributed by atoms with van der Waals surface area (Å²) in [5, 5.41) is 2.96. The van der Waals surface area contributed by atoms with Gasteiger partial charge >= 0.3 is 0 Å². The molecule has 2 aliphatic rings. The van der Waals surface area contributed by atoms with Crippen molar-refractivity contribution in [2.24, 2.45) is 11.8 Å². The first-order chi connectivity index (χ1) is 17.7. The van der Waals surface area contributed by atoms with E-state index in [2.05, 4.69) is 53.0 Å². The lowest BCUT2D eigenvalue weighted by Crippen LogP contribution is -2.69. The zero-order chi connectivity index (χ0) is 28.5. The molecule has 0 radical (unpaired) electrons. The Morgan fingerprint density at radius 3 is 2.21 bits per heavy atom. The minimum absolute atomic E-state index is 0.00151. The second kappa shape index (κ2) is 11.5. The maximum atomic E-state index is 14.3. The molecule has 0 saturated carbocycles. The first-order valence-electron chi connectivity index (χ1n) is 14.4. The molecule has 8 heteroatoms. The molecule has 3 amide bonds. The number of carbonyl (C=O) groups excluding carboxylic acids is 3. The van der Waals surface area contributed by atoms with E-state index in [1.165, 1.54) is 4.90 Å². The van der Waals surface area contributed by atoms with Crippen molar-refractivity contribution in [3.63, 3.8) is 0 Å². The number of β-lactam (4-membered cyclic amide) rings is 1. The summed E-state index contributed by atoms with van der Waals surface area (Å²) < 4.78 is 13.1. The third kappa shape index (κ3) is 5.71. The van der Waals surface area contributed by atoms with E-state index < -0.39 is 31.9 Å². The number of rotatable bonds is 11. The summed E-state index contributed by atoms with van der Waals surface area (Å²) in [6.45, 7) is 18.8. The van der Waals surface area contributed by atoms with E-state index in [9.17, 15) is 14.4 Å². The van der Waals surface area contributed by atoms with Gasteiger partial charge in [0.15, 0.2) is 14.0 Å². The molecule has 7 nitrogen and oxygen atoms in total. The second-order valence-electron chi connectivity index (χ2n) is 12.7. The Hall–Kier alpha value is -2.19. The number of amides is 3. The van der Waals surface area contributed by atoms with Crippen molar-refractivity contribution in [2.75, 3.05) is 0 Å². The molecule has 1 aromatic carbocycles. The number of hydrogen-bond donors (Lipinski definition) is 1. The summed E-state index contributed by atoms with van der Waals surface area (Å²) in [5.74, 6) is -1.24. The third-order valence-corrected chi connectivity index (χ3v) is 13.4. The molecule has 1 aromatic rings. The lowest BCUT2D eigenvalue weighted by atomic mass is 9.78. The van der Waals surface area contributed by atoms with E-state index in [0.29, 0.717) is 24.2 Å². The average molecular weight is 545 g/mol. The number of nitrogens with one attached hydrogen (secondary N) is 1. The maximum absolute atomic E-state index is 14.3. The van der Waals surface area contributed by atoms with Crippen LogP contribution in [0.4, 0.5) is 0 Å². The molecule has 0 bridgehead atoms. The van der Waals surface area contributed by atoms with Gasteiger partial charge in [-0.25, -0.2) is 4.90 Å². The molecule has 1 unspecified atom stereocenters. The monoisotopic (exact) mass is 544 g/mol. The first-order valence-corrected chi connectivity index (χ1v) is 17.3. The van der Waals surface area contributed by atoms with Gasteiger partial charge in [0.25, 0.3) is 5.91 Å². The average Bonchev–Trinajstić information content (AvgIpc) is 2.83. The Balaban J connectivity index is 1.94. The number of ether oxygens (including phenoxy) is 1. The van der Waals surface area contributed by atoms with Gasteiger partial charge < -0.3 is 14.5 Å². The summed E-state index contributed by atoms with van der Waals surface area (Å²) in [7, 11) is -2.12. The number of benzene rings is 1. The van der Waals surface area contributed by atoms with E-state index in [1.807, 2.05) is 26.0 Å². The number of para-hydroxylation sites is 1. The molecule has 4 atom stereocenters. The van der Waals surface area contributed by atoms with Gasteiger partial charge in [0.1, 0.15) is 5.75 Å². The van der Waals surface area contributed by atoms with Crippen molar-refractivity contribution in [1.82, 2.24) is 10.2 Å². The van der Waals surface area contributed by atoms with Gasteiger partial charge in [-0.2, -0.15) is 0 Å². The van der Waals surface area contributed by atoms with Gasteiger partial charge in [0.2, 0.25) is 11.8 Å². The number of unbranched alkanes of at least 4 members (excludes halogenated alkanes) is 2. The van der Waals surface area contributed by atoms with Crippen LogP contribution in [-0.4, -0.2) is 48.8 Å². The van der Waals surface area contributed by atoms with Crippen molar-refractivity contribution in [1.29, 1.82) is 0 Å². The molecule has 2 aliphatic heterocycles. The van der Waals surface area contributed by atoms with Crippen molar-refractivity contribution < 1.29 is 23.5 Å². The molecule has 0 spiro atoms. The van der Waals surface area contributed by atoms with Crippen LogP contribution in [0.1, 0.15) is 97.3 Å². The van der Waals surface area contributed by atoms with Crippen molar-refractivity contribution in [3.8, 4) is 5.75 Å². The predicted molar refractivity (Wildman–Crippen MR) is 152 cm³/mol. The van der Waals surface area contributed by atoms with Crippen LogP contribution in [0, 0.1) is 11.8 Å². The highest BCUT2D eigenvalue weighted by molar-refractivity contribution is 6.74. The van der Waals surface area contributed by atoms with E-state index in [1.54, 1.807) is 12.1 Å². The van der Waals surface area contributed by atoms with E-state index in [-0.39, 0.29) is 28.9 Å². The van der Waals surface area contributed by atoms with Crippen LogP contribution < -0.4 is 10.1 Å². The van der Waals surface area contributed by atoms with Crippen molar-refractivity contribution in [3.05, 3.63) is 29.8 Å². The molecule has 0 aromatic heterocycles. The molecule has 1 fully saturated rings. The summed E-state index contributed by atoms with van der Waals surface area (Å²) in [6, 6.07) is 6.77. The van der Waals surface area contributed by atoms with Gasteiger partial charge in [0, 0.05) is 12.8 Å². The van der Waals surface area contributed by atoms with Crippen LogP contribution in [0.3, 0.4) is 0 Å². The third-order valence-electron chi connectivity index (χ3n) is 8.81. The van der Waals surface area contributed by atoms with Crippen LogP contribution >= 0.6 is 0 Å². The van der Waals surface area contributed by atoms with Gasteiger partial charge in [-0.3, -0.25) is 14.4 Å². The lowest BCUT2D eigenvalue weighted by molar-refractivity contribution is -0.160. The van der Waals surface area contributed by atoms with Crippen molar-refractivity contribution in [2.45, 2.75) is 123 Å². The Morgan fingerprint density at radius 2 is 1.68 bits per heavy atom. The first kappa shape index (κ1) is 30.3. The topological polar surface area (TPSA) is 84.9 Å². The van der Waals surface area contributed by atoms with Crippen LogP contribution in [0.2, 0.25) is 18.1 Å². The standard InChI is InChI=1S/C30H48N2O5Si/c1-10-12-18-30(19-13-11-2)32(28(35)22-16-14-15-17-23(22)36-30)27(34)20(3)25-24(26(33)31-25)21(4)37-38(8,9)29(5,6)7/h14-17,20-21,24-25H,10-13,18-19H2,1-9H3,(H,31,33)/t20-,21?,24-,25-/m1/s1. The quantitative estimate of drug-likeness (QED) is 0.262. The molecular formula is C30H48N2O5Si. The minimum atomic E-state index is -2.12. The minimum Gasteiger partial charge on any atom is -0.467 e. The Labute approximate surface area is 230 Å². The van der Waals surface area contributed by atoms with Gasteiger partial charge in [-0.15, -0.1) is 0 Å². The molecule has 1 saturated heterocycles. The molecule has 212 valence electrons. The van der Waals surface area contributed by atoms with E-state index in [0.717, 1.165) is 25.7 Å². The fourth-order valence-electron chi connectivity index (χ4n) is 5.38. The van der Waals surface area contributed by atoms with E-state index in [4.69, 9.17) is 9.16 Å². The predicted octanol–water partition coefficient (Wildman–Crippen LogP) is 6.29. The number of hydrogen-bond acceptors (Lipinski definition) is 5. The molecule has 3 rings (SSSR count). The highest BCUT2D eigenvalue weighted by Crippen LogP contribution is 2.43. The highest BCUT2D eigenvalue weighted by Gasteiger charge is 2.55. The summed E-state index contributed by atoms with van der Waals surface area (Å²) in [6.07, 6.45) is 4.33. The smallest absolute Gasteiger partial charge is 0.267 e. The lowest BCUT2D eigenvalue weighted by Gasteiger charge is -2.50. The Morgan fingerprint density at radius 1 is 1.11 bits per heavy atom. The van der Waals surface area contributed by atoms with E-state index >= 15 is 0 Å². The summed E-state index contributed by atoms with van der Waals surface area (Å²) in [4.78, 5) is 42.3. The molecule has 1 N–H and O–H groups in total. The second-order valence-corrected chi connectivity index (χ2v) is 17.4. The van der Waals surface area contributed by atoms with Gasteiger partial charge in [0.05, 0.1) is 29.5 Å². The Bertz CT molecular complexity index is 1030. The summed E-state index contributed by atoms with van der Waals surface area (Å²) in [5.41, 5.74) is -0.629. The molecule has 2 heterocycles. The molecular weight excluding hydrogens is 496 g/mol. The zero-order valence-electron chi connectivity index (χ0n) is 24.8. The van der Waals surface area contributed by atoms with Crippen molar-refractivity contribution >= 4 is 26.0 Å². The number of fused-ring (bicyclic) bond motifs is 1. The summed E-state index contributed by atoms with van der Waals surface area (Å²) >= 11 is 0. The zero-order valence-corrected chi connectivity index (χ0v) is 25.8. The Kier molecular flexibility index (Phi) is 9.19. The fourth-order valence-corrected chi connectivity index (χ4v) is 6.81. The number of imide groups is 1. The number of carbonyl (C=O) groups is 3. The molecule has 0 aliphatic carbocycles.